The molecule has 5 nitrogen and oxygen atoms in total. The molecule has 3 heterocycles. The molecule has 3 rings (SSSR count). The number of hydrogen-bond acceptors (Lipinski definition) is 4. The van der Waals surface area contributed by atoms with Crippen LogP contribution in [0.1, 0.15) is 5.56 Å². The molecule has 0 aliphatic heterocycles. The molecule has 0 aliphatic rings. The molecule has 21 heavy (non-hydrogen) atoms. The monoisotopic (exact) mass is 333 g/mol. The second-order valence-corrected chi connectivity index (χ2v) is 4.68. The van der Waals surface area contributed by atoms with Gasteiger partial charge in [0.1, 0.15) is 5.15 Å². The van der Waals surface area contributed by atoms with Crippen molar-refractivity contribution in [2.75, 3.05) is 0 Å². The summed E-state index contributed by atoms with van der Waals surface area (Å²) in [5, 5.41) is 4.41. The third-order valence-electron chi connectivity index (χ3n) is 2.65. The van der Waals surface area contributed by atoms with Gasteiger partial charge in [0.15, 0.2) is 11.5 Å². The van der Waals surface area contributed by atoms with Crippen molar-refractivity contribution in [1.82, 2.24) is 24.7 Å². The van der Waals surface area contributed by atoms with E-state index < -0.39 is 11.7 Å². The lowest BCUT2D eigenvalue weighted by Gasteiger charge is -2.07. The summed E-state index contributed by atoms with van der Waals surface area (Å²) in [5.41, 5.74) is -0.597. The van der Waals surface area contributed by atoms with Gasteiger partial charge >= 0.3 is 6.18 Å². The average Bonchev–Trinajstić information content (AvgIpc) is 2.82. The summed E-state index contributed by atoms with van der Waals surface area (Å²) in [5.74, 6) is 0.156. The zero-order valence-corrected chi connectivity index (χ0v) is 11.4. The first-order valence-electron chi connectivity index (χ1n) is 5.46. The van der Waals surface area contributed by atoms with E-state index >= 15 is 0 Å². The predicted octanol–water partition coefficient (Wildman–Crippen LogP) is 3.54. The van der Waals surface area contributed by atoms with Crippen LogP contribution in [-0.4, -0.2) is 24.7 Å². The Balaban J connectivity index is 2.13. The van der Waals surface area contributed by atoms with Gasteiger partial charge in [-0.1, -0.05) is 11.6 Å². The van der Waals surface area contributed by atoms with Gasteiger partial charge in [0.05, 0.1) is 17.1 Å². The molecule has 0 atom stereocenters. The Morgan fingerprint density at radius 2 is 1.81 bits per heavy atom. The minimum Gasteiger partial charge on any atom is -0.236 e. The van der Waals surface area contributed by atoms with Gasteiger partial charge in [-0.15, -0.1) is 0 Å². The molecule has 0 unspecified atom stereocenters. The van der Waals surface area contributed by atoms with Gasteiger partial charge in [0.2, 0.25) is 5.28 Å². The van der Waals surface area contributed by atoms with Crippen molar-refractivity contribution in [1.29, 1.82) is 0 Å². The molecule has 0 spiro atoms. The zero-order valence-electron chi connectivity index (χ0n) is 9.94. The van der Waals surface area contributed by atoms with Crippen molar-refractivity contribution in [2.24, 2.45) is 0 Å². The maximum absolute atomic E-state index is 12.5. The summed E-state index contributed by atoms with van der Waals surface area (Å²) in [7, 11) is 0. The van der Waals surface area contributed by atoms with Crippen LogP contribution in [0.2, 0.25) is 10.4 Å². The van der Waals surface area contributed by atoms with Gasteiger partial charge in [-0.3, -0.25) is 0 Å². The van der Waals surface area contributed by atoms with E-state index in [2.05, 4.69) is 20.1 Å². The van der Waals surface area contributed by atoms with E-state index in [1.54, 1.807) is 0 Å². The van der Waals surface area contributed by atoms with Crippen LogP contribution >= 0.6 is 23.2 Å². The third kappa shape index (κ3) is 2.52. The fourth-order valence-electron chi connectivity index (χ4n) is 1.70. The molecule has 3 aromatic rings. The molecular weight excluding hydrogens is 330 g/mol. The summed E-state index contributed by atoms with van der Waals surface area (Å²) in [6.07, 6.45) is -2.35. The molecule has 3 aromatic heterocycles. The van der Waals surface area contributed by atoms with Gasteiger partial charge in [-0.2, -0.15) is 27.9 Å². The Labute approximate surface area is 125 Å². The average molecular weight is 334 g/mol. The highest BCUT2D eigenvalue weighted by atomic mass is 35.5. The SMILES string of the molecule is FC(F)(F)c1ccc(-n2ncc3c(Cl)nc(Cl)nc32)nc1. The van der Waals surface area contributed by atoms with Crippen LogP contribution < -0.4 is 0 Å². The molecule has 0 N–H and O–H groups in total. The highest BCUT2D eigenvalue weighted by Gasteiger charge is 2.30. The number of aromatic nitrogens is 5. The summed E-state index contributed by atoms with van der Waals surface area (Å²) in [6.45, 7) is 0. The van der Waals surface area contributed by atoms with Crippen molar-refractivity contribution in [2.45, 2.75) is 6.18 Å². The number of fused-ring (bicyclic) bond motifs is 1. The number of hydrogen-bond donors (Lipinski definition) is 0. The van der Waals surface area contributed by atoms with E-state index in [0.29, 0.717) is 11.6 Å². The Bertz CT molecular complexity index is 813. The number of halogens is 5. The van der Waals surface area contributed by atoms with Crippen LogP contribution in [0.4, 0.5) is 13.2 Å². The van der Waals surface area contributed by atoms with E-state index in [0.717, 1.165) is 6.07 Å². The van der Waals surface area contributed by atoms with E-state index in [9.17, 15) is 13.2 Å². The minimum atomic E-state index is -4.45. The van der Waals surface area contributed by atoms with Crippen LogP contribution in [0, 0.1) is 0 Å². The predicted molar refractivity (Wildman–Crippen MR) is 69.5 cm³/mol. The van der Waals surface area contributed by atoms with Crippen molar-refractivity contribution >= 4 is 34.2 Å². The second-order valence-electron chi connectivity index (χ2n) is 3.98. The number of pyridine rings is 1. The Morgan fingerprint density at radius 1 is 1.05 bits per heavy atom. The van der Waals surface area contributed by atoms with Gasteiger partial charge in [0.25, 0.3) is 0 Å². The van der Waals surface area contributed by atoms with E-state index in [1.807, 2.05) is 0 Å². The summed E-state index contributed by atoms with van der Waals surface area (Å²) in [4.78, 5) is 11.4. The topological polar surface area (TPSA) is 56.5 Å². The maximum Gasteiger partial charge on any atom is 0.417 e. The molecule has 0 radical (unpaired) electrons. The first-order valence-corrected chi connectivity index (χ1v) is 6.22. The molecule has 0 aromatic carbocycles. The second kappa shape index (κ2) is 4.81. The lowest BCUT2D eigenvalue weighted by Crippen LogP contribution is -2.07. The maximum atomic E-state index is 12.5. The van der Waals surface area contributed by atoms with Crippen LogP contribution in [0.15, 0.2) is 24.5 Å². The van der Waals surface area contributed by atoms with Crippen LogP contribution in [0.3, 0.4) is 0 Å². The van der Waals surface area contributed by atoms with Crippen molar-refractivity contribution in [3.05, 3.63) is 40.5 Å². The molecule has 0 saturated heterocycles. The molecule has 0 aliphatic carbocycles. The quantitative estimate of drug-likeness (QED) is 0.505. The smallest absolute Gasteiger partial charge is 0.236 e. The first kappa shape index (κ1) is 14.0. The van der Waals surface area contributed by atoms with Gasteiger partial charge in [0, 0.05) is 6.20 Å². The molecular formula is C11H4Cl2F3N5. The Morgan fingerprint density at radius 3 is 2.43 bits per heavy atom. The van der Waals surface area contributed by atoms with E-state index in [-0.39, 0.29) is 21.9 Å². The standard InChI is InChI=1S/C11H4Cl2F3N5/c12-8-6-4-18-21(9(6)20-10(13)19-8)7-2-1-5(3-17-7)11(14,15)16/h1-4H. The first-order chi connectivity index (χ1) is 9.86. The van der Waals surface area contributed by atoms with Crippen molar-refractivity contribution in [3.8, 4) is 5.82 Å². The Kier molecular flexibility index (Phi) is 3.22. The van der Waals surface area contributed by atoms with Crippen LogP contribution in [0.5, 0.6) is 0 Å². The summed E-state index contributed by atoms with van der Waals surface area (Å²) >= 11 is 11.6. The third-order valence-corrected chi connectivity index (χ3v) is 3.10. The van der Waals surface area contributed by atoms with Crippen molar-refractivity contribution in [3.63, 3.8) is 0 Å². The molecule has 10 heteroatoms. The van der Waals surface area contributed by atoms with Gasteiger partial charge in [-0.25, -0.2) is 9.97 Å². The molecule has 0 amide bonds. The Hall–Kier alpha value is -1.93. The fourth-order valence-corrected chi connectivity index (χ4v) is 2.12. The lowest BCUT2D eigenvalue weighted by molar-refractivity contribution is -0.137. The highest BCUT2D eigenvalue weighted by Crippen LogP contribution is 2.29. The molecule has 0 fully saturated rings. The highest BCUT2D eigenvalue weighted by molar-refractivity contribution is 6.35. The van der Waals surface area contributed by atoms with E-state index in [4.69, 9.17) is 23.2 Å². The number of alkyl halides is 3. The van der Waals surface area contributed by atoms with Gasteiger partial charge < -0.3 is 0 Å². The molecule has 0 bridgehead atoms. The van der Waals surface area contributed by atoms with Crippen LogP contribution in [-0.2, 0) is 6.18 Å². The molecule has 0 saturated carbocycles. The lowest BCUT2D eigenvalue weighted by atomic mass is 10.3. The van der Waals surface area contributed by atoms with E-state index in [1.165, 1.54) is 16.9 Å². The molecule has 108 valence electrons. The van der Waals surface area contributed by atoms with Crippen molar-refractivity contribution < 1.29 is 13.2 Å². The van der Waals surface area contributed by atoms with Gasteiger partial charge in [-0.05, 0) is 23.7 Å². The number of rotatable bonds is 1. The zero-order chi connectivity index (χ0) is 15.2. The summed E-state index contributed by atoms with van der Waals surface area (Å²) in [6, 6.07) is 2.08. The fraction of sp³-hybridized carbons (Fsp3) is 0.0909. The van der Waals surface area contributed by atoms with Crippen LogP contribution in [0.25, 0.3) is 16.9 Å². The largest absolute Gasteiger partial charge is 0.417 e. The normalized spacial score (nSPS) is 12.0. The number of nitrogens with zero attached hydrogens (tertiary/aromatic N) is 5. The summed E-state index contributed by atoms with van der Waals surface area (Å²) < 4.78 is 38.7. The minimum absolute atomic E-state index is 0.0961.